The Balaban J connectivity index is 1.90. The Morgan fingerprint density at radius 2 is 1.44 bits per heavy atom. The molecule has 0 heterocycles. The molecule has 1 saturated carbocycles. The van der Waals surface area contributed by atoms with Gasteiger partial charge in [0.25, 0.3) is 0 Å². The van der Waals surface area contributed by atoms with Crippen LogP contribution in [-0.4, -0.2) is 0 Å². The van der Waals surface area contributed by atoms with E-state index in [1.165, 1.54) is 44.9 Å². The molecule has 0 saturated heterocycles. The lowest BCUT2D eigenvalue weighted by Gasteiger charge is -2.46. The van der Waals surface area contributed by atoms with E-state index in [0.29, 0.717) is 0 Å². The Labute approximate surface area is 98.1 Å². The van der Waals surface area contributed by atoms with Crippen molar-refractivity contribution in [2.24, 2.45) is 11.8 Å². The van der Waals surface area contributed by atoms with Gasteiger partial charge >= 0.3 is 0 Å². The van der Waals surface area contributed by atoms with Crippen LogP contribution in [0.25, 0.3) is 0 Å². The maximum absolute atomic E-state index is 2.39. The maximum Gasteiger partial charge on any atom is -0.00996 e. The molecule has 3 aliphatic carbocycles. The average molecular weight is 212 g/mol. The van der Waals surface area contributed by atoms with Gasteiger partial charge in [-0.3, -0.25) is 0 Å². The highest BCUT2D eigenvalue weighted by atomic mass is 14.4. The number of aryl methyl sites for hydroxylation is 2. The molecule has 84 valence electrons. The molecular formula is C16H20. The van der Waals surface area contributed by atoms with Crippen LogP contribution in [0, 0.1) is 11.8 Å². The Bertz CT molecular complexity index is 384. The molecular weight excluding hydrogens is 192 g/mol. The van der Waals surface area contributed by atoms with Gasteiger partial charge in [-0.2, -0.15) is 0 Å². The summed E-state index contributed by atoms with van der Waals surface area (Å²) in [6.07, 6.45) is 10.2. The molecule has 2 unspecified atom stereocenters. The van der Waals surface area contributed by atoms with Crippen molar-refractivity contribution in [2.75, 3.05) is 0 Å². The summed E-state index contributed by atoms with van der Waals surface area (Å²) in [5, 5.41) is 0. The van der Waals surface area contributed by atoms with E-state index in [1.807, 2.05) is 5.56 Å². The predicted molar refractivity (Wildman–Crippen MR) is 66.7 cm³/mol. The van der Waals surface area contributed by atoms with Crippen LogP contribution in [0.2, 0.25) is 0 Å². The second kappa shape index (κ2) is 3.35. The Kier molecular flexibility index (Phi) is 1.94. The Morgan fingerprint density at radius 3 is 2.06 bits per heavy atom. The summed E-state index contributed by atoms with van der Waals surface area (Å²) in [6, 6.07) is 7.08. The zero-order valence-corrected chi connectivity index (χ0v) is 9.91. The molecule has 0 amide bonds. The first-order valence-corrected chi connectivity index (χ1v) is 7.04. The third kappa shape index (κ3) is 1.16. The molecule has 0 bridgehead atoms. The van der Waals surface area contributed by atoms with E-state index < -0.39 is 0 Å². The van der Waals surface area contributed by atoms with Crippen LogP contribution < -0.4 is 0 Å². The minimum absolute atomic E-state index is 0.961. The molecule has 0 spiro atoms. The van der Waals surface area contributed by atoms with Crippen LogP contribution >= 0.6 is 0 Å². The Morgan fingerprint density at radius 1 is 0.812 bits per heavy atom. The van der Waals surface area contributed by atoms with Crippen molar-refractivity contribution < 1.29 is 0 Å². The molecule has 16 heavy (non-hydrogen) atoms. The highest BCUT2D eigenvalue weighted by Crippen LogP contribution is 2.53. The summed E-state index contributed by atoms with van der Waals surface area (Å²) in [7, 11) is 0. The summed E-state index contributed by atoms with van der Waals surface area (Å²) >= 11 is 0. The molecule has 0 aliphatic heterocycles. The molecule has 3 aliphatic rings. The minimum atomic E-state index is 0.961. The molecule has 1 fully saturated rings. The number of benzene rings is 1. The van der Waals surface area contributed by atoms with E-state index in [9.17, 15) is 0 Å². The lowest BCUT2D eigenvalue weighted by atomic mass is 9.58. The van der Waals surface area contributed by atoms with Crippen LogP contribution in [0.3, 0.4) is 0 Å². The van der Waals surface area contributed by atoms with Crippen molar-refractivity contribution in [3.8, 4) is 0 Å². The molecule has 2 atom stereocenters. The van der Waals surface area contributed by atoms with Crippen LogP contribution in [-0.2, 0) is 12.8 Å². The highest BCUT2D eigenvalue weighted by Gasteiger charge is 2.40. The van der Waals surface area contributed by atoms with Crippen molar-refractivity contribution in [1.82, 2.24) is 0 Å². The zero-order valence-electron chi connectivity index (χ0n) is 9.91. The lowest BCUT2D eigenvalue weighted by molar-refractivity contribution is 0.176. The van der Waals surface area contributed by atoms with Crippen LogP contribution in [0.1, 0.15) is 54.7 Å². The van der Waals surface area contributed by atoms with Gasteiger partial charge in [-0.25, -0.2) is 0 Å². The monoisotopic (exact) mass is 212 g/mol. The standard InChI is InChI=1S/C16H20/c1-3-11-7-9-13-5-2-6-14-10-8-12(4-1)15(11)16(13)14/h1,3-4,13-14,16H,2,5-10H2. The normalized spacial score (nSPS) is 35.6. The van der Waals surface area contributed by atoms with E-state index in [0.717, 1.165) is 17.8 Å². The van der Waals surface area contributed by atoms with Gasteiger partial charge in [-0.05, 0) is 73.0 Å². The van der Waals surface area contributed by atoms with Gasteiger partial charge in [0.15, 0.2) is 0 Å². The summed E-state index contributed by atoms with van der Waals surface area (Å²) in [5.41, 5.74) is 5.21. The van der Waals surface area contributed by atoms with Crippen LogP contribution in [0.15, 0.2) is 18.2 Å². The number of rotatable bonds is 0. The zero-order chi connectivity index (χ0) is 10.5. The fourth-order valence-corrected chi connectivity index (χ4v) is 4.72. The van der Waals surface area contributed by atoms with E-state index in [2.05, 4.69) is 18.2 Å². The van der Waals surface area contributed by atoms with Gasteiger partial charge in [0.05, 0.1) is 0 Å². The lowest BCUT2D eigenvalue weighted by Crippen LogP contribution is -2.34. The highest BCUT2D eigenvalue weighted by molar-refractivity contribution is 5.43. The van der Waals surface area contributed by atoms with Gasteiger partial charge in [0, 0.05) is 0 Å². The van der Waals surface area contributed by atoms with Gasteiger partial charge in [-0.1, -0.05) is 24.6 Å². The molecule has 0 heteroatoms. The van der Waals surface area contributed by atoms with Crippen molar-refractivity contribution in [3.05, 3.63) is 34.9 Å². The first-order chi connectivity index (χ1) is 7.93. The van der Waals surface area contributed by atoms with E-state index in [1.54, 1.807) is 11.1 Å². The summed E-state index contributed by atoms with van der Waals surface area (Å²) in [6.45, 7) is 0. The second-order valence-corrected chi connectivity index (χ2v) is 6.04. The van der Waals surface area contributed by atoms with Crippen LogP contribution in [0.5, 0.6) is 0 Å². The van der Waals surface area contributed by atoms with E-state index in [-0.39, 0.29) is 0 Å². The molecule has 1 aromatic rings. The smallest absolute Gasteiger partial charge is 0.00996 e. The van der Waals surface area contributed by atoms with Crippen molar-refractivity contribution in [2.45, 2.75) is 50.9 Å². The van der Waals surface area contributed by atoms with Crippen molar-refractivity contribution in [3.63, 3.8) is 0 Å². The van der Waals surface area contributed by atoms with Gasteiger partial charge in [0.1, 0.15) is 0 Å². The summed E-state index contributed by atoms with van der Waals surface area (Å²) < 4.78 is 0. The van der Waals surface area contributed by atoms with Gasteiger partial charge in [-0.15, -0.1) is 0 Å². The topological polar surface area (TPSA) is 0 Å². The second-order valence-electron chi connectivity index (χ2n) is 6.04. The maximum atomic E-state index is 2.39. The molecule has 1 aromatic carbocycles. The van der Waals surface area contributed by atoms with Crippen molar-refractivity contribution >= 4 is 0 Å². The predicted octanol–water partition coefficient (Wildman–Crippen LogP) is 4.08. The Hall–Kier alpha value is -0.780. The molecule has 0 nitrogen and oxygen atoms in total. The minimum Gasteiger partial charge on any atom is -0.0617 e. The first kappa shape index (κ1) is 9.27. The first-order valence-electron chi connectivity index (χ1n) is 7.04. The quantitative estimate of drug-likeness (QED) is 0.608. The number of hydrogen-bond acceptors (Lipinski definition) is 0. The van der Waals surface area contributed by atoms with Gasteiger partial charge in [0.2, 0.25) is 0 Å². The molecule has 0 radical (unpaired) electrons. The SMILES string of the molecule is c1cc2c3c(c1)CCC1CCCC(CC2)C31. The summed E-state index contributed by atoms with van der Waals surface area (Å²) in [4.78, 5) is 0. The number of hydrogen-bond donors (Lipinski definition) is 0. The fourth-order valence-electron chi connectivity index (χ4n) is 4.72. The molecule has 0 aromatic heterocycles. The molecule has 0 N–H and O–H groups in total. The van der Waals surface area contributed by atoms with E-state index >= 15 is 0 Å². The average Bonchev–Trinajstić information content (AvgIpc) is 2.36. The van der Waals surface area contributed by atoms with E-state index in [4.69, 9.17) is 0 Å². The molecule has 4 rings (SSSR count). The summed E-state index contributed by atoms with van der Waals surface area (Å²) in [5.74, 6) is 3.03. The van der Waals surface area contributed by atoms with Gasteiger partial charge < -0.3 is 0 Å². The van der Waals surface area contributed by atoms with Crippen molar-refractivity contribution in [1.29, 1.82) is 0 Å². The third-order valence-electron chi connectivity index (χ3n) is 5.35. The third-order valence-corrected chi connectivity index (χ3v) is 5.35. The largest absolute Gasteiger partial charge is 0.0617 e. The van der Waals surface area contributed by atoms with Crippen LogP contribution in [0.4, 0.5) is 0 Å². The fraction of sp³-hybridized carbons (Fsp3) is 0.625.